The highest BCUT2D eigenvalue weighted by Crippen LogP contribution is 2.30. The molecule has 120 valence electrons. The van der Waals surface area contributed by atoms with E-state index < -0.39 is 16.9 Å². The van der Waals surface area contributed by atoms with E-state index in [2.05, 4.69) is 0 Å². The van der Waals surface area contributed by atoms with Gasteiger partial charge in [0.1, 0.15) is 16.4 Å². The van der Waals surface area contributed by atoms with Gasteiger partial charge in [-0.05, 0) is 12.5 Å². The van der Waals surface area contributed by atoms with Gasteiger partial charge >= 0.3 is 5.63 Å². The maximum atomic E-state index is 12.8. The summed E-state index contributed by atoms with van der Waals surface area (Å²) in [7, 11) is 0. The molecule has 0 fully saturated rings. The van der Waals surface area contributed by atoms with Crippen LogP contribution in [0, 0.1) is 17.6 Å². The van der Waals surface area contributed by atoms with Gasteiger partial charge in [0.25, 0.3) is 5.56 Å². The zero-order chi connectivity index (χ0) is 17.3. The van der Waals surface area contributed by atoms with Gasteiger partial charge in [-0.1, -0.05) is 30.3 Å². The Balaban J connectivity index is 2.28. The smallest absolute Gasteiger partial charge is 0.354 e. The van der Waals surface area contributed by atoms with Crippen LogP contribution < -0.4 is 11.2 Å². The molecule has 6 nitrogen and oxygen atoms in total. The number of thiocyanates is 1. The molecule has 3 aromatic rings. The SMILES string of the molecule is Cc1cc2oc(=O)c(SC#N)c(O)c2c(=O)n1Cc1ccccc1. The number of rotatable bonds is 3. The maximum absolute atomic E-state index is 12.8. The molecule has 0 amide bonds. The number of pyridine rings is 1. The summed E-state index contributed by atoms with van der Waals surface area (Å²) in [6.07, 6.45) is 0. The van der Waals surface area contributed by atoms with E-state index in [0.717, 1.165) is 5.56 Å². The van der Waals surface area contributed by atoms with Crippen LogP contribution in [0.2, 0.25) is 0 Å². The molecule has 0 aliphatic rings. The van der Waals surface area contributed by atoms with Crippen molar-refractivity contribution in [3.05, 3.63) is 68.4 Å². The number of aromatic nitrogens is 1. The van der Waals surface area contributed by atoms with Gasteiger partial charge in [0.05, 0.1) is 6.54 Å². The van der Waals surface area contributed by atoms with Crippen LogP contribution in [0.15, 0.2) is 55.3 Å². The fraction of sp³-hybridized carbons (Fsp3) is 0.118. The van der Waals surface area contributed by atoms with Crippen molar-refractivity contribution in [1.82, 2.24) is 4.57 Å². The monoisotopic (exact) mass is 340 g/mol. The minimum atomic E-state index is -0.842. The topological polar surface area (TPSA) is 96.2 Å². The number of hydrogen-bond acceptors (Lipinski definition) is 6. The molecule has 2 heterocycles. The number of fused-ring (bicyclic) bond motifs is 1. The first-order valence-electron chi connectivity index (χ1n) is 7.03. The Morgan fingerprint density at radius 1 is 1.29 bits per heavy atom. The molecule has 1 N–H and O–H groups in total. The minimum absolute atomic E-state index is 0.00611. The van der Waals surface area contributed by atoms with Gasteiger partial charge < -0.3 is 14.1 Å². The summed E-state index contributed by atoms with van der Waals surface area (Å²) in [5.41, 5.74) is 0.206. The zero-order valence-corrected chi connectivity index (χ0v) is 13.5. The summed E-state index contributed by atoms with van der Waals surface area (Å²) in [5, 5.41) is 20.6. The van der Waals surface area contributed by atoms with Crippen molar-refractivity contribution in [3.8, 4) is 11.2 Å². The van der Waals surface area contributed by atoms with Gasteiger partial charge in [0.2, 0.25) is 0 Å². The largest absolute Gasteiger partial charge is 0.505 e. The molecule has 0 saturated carbocycles. The average Bonchev–Trinajstić information content (AvgIpc) is 2.56. The Labute approximate surface area is 140 Å². The van der Waals surface area contributed by atoms with Crippen molar-refractivity contribution in [2.24, 2.45) is 0 Å². The van der Waals surface area contributed by atoms with Crippen LogP contribution in [0.5, 0.6) is 5.75 Å². The van der Waals surface area contributed by atoms with Crippen LogP contribution in [0.4, 0.5) is 0 Å². The molecule has 0 radical (unpaired) electrons. The number of aryl methyl sites for hydroxylation is 1. The fourth-order valence-electron chi connectivity index (χ4n) is 2.49. The Kier molecular flexibility index (Phi) is 4.15. The highest BCUT2D eigenvalue weighted by Gasteiger charge is 2.19. The summed E-state index contributed by atoms with van der Waals surface area (Å²) in [6.45, 7) is 2.04. The van der Waals surface area contributed by atoms with Gasteiger partial charge in [-0.2, -0.15) is 5.26 Å². The predicted molar refractivity (Wildman–Crippen MR) is 90.2 cm³/mol. The van der Waals surface area contributed by atoms with Crippen LogP contribution >= 0.6 is 11.8 Å². The molecule has 0 unspecified atom stereocenters. The van der Waals surface area contributed by atoms with Gasteiger partial charge in [-0.25, -0.2) is 4.79 Å². The Hall–Kier alpha value is -2.98. The van der Waals surface area contributed by atoms with Crippen LogP contribution in [0.3, 0.4) is 0 Å². The normalized spacial score (nSPS) is 10.7. The van der Waals surface area contributed by atoms with E-state index >= 15 is 0 Å². The van der Waals surface area contributed by atoms with Gasteiger partial charge in [0.15, 0.2) is 10.6 Å². The van der Waals surface area contributed by atoms with E-state index in [1.165, 1.54) is 10.6 Å². The summed E-state index contributed by atoms with van der Waals surface area (Å²) in [5.74, 6) is -0.514. The zero-order valence-electron chi connectivity index (χ0n) is 12.6. The number of nitrogens with zero attached hydrogens (tertiary/aromatic N) is 2. The van der Waals surface area contributed by atoms with Crippen LogP contribution in [0.25, 0.3) is 11.0 Å². The molecule has 0 spiro atoms. The Morgan fingerprint density at radius 2 is 2.00 bits per heavy atom. The summed E-state index contributed by atoms with van der Waals surface area (Å²) >= 11 is 0.467. The molecule has 0 saturated heterocycles. The van der Waals surface area contributed by atoms with Crippen molar-refractivity contribution < 1.29 is 9.52 Å². The van der Waals surface area contributed by atoms with Crippen molar-refractivity contribution in [1.29, 1.82) is 5.26 Å². The second-order valence-corrected chi connectivity index (χ2v) is 5.96. The third kappa shape index (κ3) is 2.68. The second-order valence-electron chi connectivity index (χ2n) is 5.16. The van der Waals surface area contributed by atoms with Gasteiger partial charge in [-0.15, -0.1) is 0 Å². The first-order chi connectivity index (χ1) is 11.5. The molecule has 7 heteroatoms. The lowest BCUT2D eigenvalue weighted by atomic mass is 10.2. The van der Waals surface area contributed by atoms with E-state index in [9.17, 15) is 14.7 Å². The van der Waals surface area contributed by atoms with E-state index in [4.69, 9.17) is 9.68 Å². The lowest BCUT2D eigenvalue weighted by molar-refractivity contribution is 0.445. The van der Waals surface area contributed by atoms with Crippen LogP contribution in [-0.2, 0) is 6.54 Å². The minimum Gasteiger partial charge on any atom is -0.505 e. The summed E-state index contributed by atoms with van der Waals surface area (Å²) in [6, 6.07) is 10.9. The summed E-state index contributed by atoms with van der Waals surface area (Å²) in [4.78, 5) is 24.3. The number of benzene rings is 1. The number of thioether (sulfide) groups is 1. The predicted octanol–water partition coefficient (Wildman–Crippen LogP) is 2.59. The summed E-state index contributed by atoms with van der Waals surface area (Å²) < 4.78 is 6.58. The molecule has 24 heavy (non-hydrogen) atoms. The van der Waals surface area contributed by atoms with E-state index in [1.54, 1.807) is 12.3 Å². The van der Waals surface area contributed by atoms with E-state index in [-0.39, 0.29) is 15.9 Å². The quantitative estimate of drug-likeness (QED) is 0.581. The highest BCUT2D eigenvalue weighted by molar-refractivity contribution is 8.03. The number of nitriles is 1. The third-order valence-electron chi connectivity index (χ3n) is 3.64. The fourth-order valence-corrected chi connectivity index (χ4v) is 2.91. The molecule has 0 bridgehead atoms. The highest BCUT2D eigenvalue weighted by atomic mass is 32.2. The molecule has 0 aliphatic heterocycles. The maximum Gasteiger partial charge on any atom is 0.354 e. The standard InChI is InChI=1S/C17H12N2O4S/c1-10-7-12-13(14(20)15(24-9-18)17(22)23-12)16(21)19(10)8-11-5-3-2-4-6-11/h2-7,20H,8H2,1H3. The van der Waals surface area contributed by atoms with Crippen molar-refractivity contribution in [2.45, 2.75) is 18.4 Å². The first-order valence-corrected chi connectivity index (χ1v) is 7.84. The molecular weight excluding hydrogens is 328 g/mol. The molecule has 0 aliphatic carbocycles. The number of aromatic hydroxyl groups is 1. The van der Waals surface area contributed by atoms with Gasteiger partial charge in [-0.3, -0.25) is 4.79 Å². The van der Waals surface area contributed by atoms with E-state index in [0.29, 0.717) is 24.0 Å². The van der Waals surface area contributed by atoms with E-state index in [1.807, 2.05) is 30.3 Å². The van der Waals surface area contributed by atoms with Crippen molar-refractivity contribution >= 4 is 22.7 Å². The lowest BCUT2D eigenvalue weighted by Gasteiger charge is -2.12. The van der Waals surface area contributed by atoms with Gasteiger partial charge in [0, 0.05) is 23.5 Å². The van der Waals surface area contributed by atoms with Crippen LogP contribution in [-0.4, -0.2) is 9.67 Å². The Bertz CT molecular complexity index is 1080. The van der Waals surface area contributed by atoms with Crippen LogP contribution in [0.1, 0.15) is 11.3 Å². The molecule has 0 atom stereocenters. The molecule has 2 aromatic heterocycles. The molecule has 1 aromatic carbocycles. The third-order valence-corrected chi connectivity index (χ3v) is 4.30. The lowest BCUT2D eigenvalue weighted by Crippen LogP contribution is -2.24. The number of hydrogen-bond donors (Lipinski definition) is 1. The van der Waals surface area contributed by atoms with Crippen molar-refractivity contribution in [2.75, 3.05) is 0 Å². The Morgan fingerprint density at radius 3 is 2.67 bits per heavy atom. The second kappa shape index (κ2) is 6.26. The molecule has 3 rings (SSSR count). The van der Waals surface area contributed by atoms with Crippen molar-refractivity contribution in [3.63, 3.8) is 0 Å². The molecular formula is C17H12N2O4S. The average molecular weight is 340 g/mol. The first kappa shape index (κ1) is 15.9.